The highest BCUT2D eigenvalue weighted by molar-refractivity contribution is 5.79. The Morgan fingerprint density at radius 1 is 1.17 bits per heavy atom. The monoisotopic (exact) mass is 245 g/mol. The van der Waals surface area contributed by atoms with Crippen LogP contribution in [0.1, 0.15) is 16.8 Å². The SMILES string of the molecule is COc1cc(C)c(-c2c(N)nn(C)c2C)cc1C. The normalized spacial score (nSPS) is 10.7. The topological polar surface area (TPSA) is 53.1 Å². The molecule has 0 amide bonds. The van der Waals surface area contributed by atoms with Crippen LogP contribution in [-0.4, -0.2) is 16.9 Å². The average Bonchev–Trinajstić information content (AvgIpc) is 2.56. The molecule has 0 bridgehead atoms. The minimum Gasteiger partial charge on any atom is -0.496 e. The van der Waals surface area contributed by atoms with Crippen molar-refractivity contribution >= 4 is 5.82 Å². The van der Waals surface area contributed by atoms with E-state index >= 15 is 0 Å². The summed E-state index contributed by atoms with van der Waals surface area (Å²) in [4.78, 5) is 0. The maximum Gasteiger partial charge on any atom is 0.153 e. The lowest BCUT2D eigenvalue weighted by molar-refractivity contribution is 0.411. The van der Waals surface area contributed by atoms with Gasteiger partial charge in [-0.1, -0.05) is 0 Å². The van der Waals surface area contributed by atoms with Crippen LogP contribution < -0.4 is 10.5 Å². The minimum atomic E-state index is 0.572. The van der Waals surface area contributed by atoms with Gasteiger partial charge in [0.1, 0.15) is 5.75 Å². The fourth-order valence-corrected chi connectivity index (χ4v) is 2.25. The number of hydrogen-bond acceptors (Lipinski definition) is 3. The first kappa shape index (κ1) is 12.5. The summed E-state index contributed by atoms with van der Waals surface area (Å²) in [7, 11) is 3.59. The van der Waals surface area contributed by atoms with E-state index < -0.39 is 0 Å². The summed E-state index contributed by atoms with van der Waals surface area (Å²) < 4.78 is 7.14. The van der Waals surface area contributed by atoms with Gasteiger partial charge in [-0.05, 0) is 49.6 Å². The maximum absolute atomic E-state index is 6.00. The summed E-state index contributed by atoms with van der Waals surface area (Å²) in [5, 5.41) is 4.26. The fourth-order valence-electron chi connectivity index (χ4n) is 2.25. The van der Waals surface area contributed by atoms with Gasteiger partial charge < -0.3 is 10.5 Å². The van der Waals surface area contributed by atoms with E-state index in [1.807, 2.05) is 31.6 Å². The van der Waals surface area contributed by atoms with E-state index in [4.69, 9.17) is 10.5 Å². The Morgan fingerprint density at radius 3 is 2.33 bits per heavy atom. The van der Waals surface area contributed by atoms with Crippen LogP contribution in [0.2, 0.25) is 0 Å². The molecule has 4 nitrogen and oxygen atoms in total. The van der Waals surface area contributed by atoms with Crippen LogP contribution in [0, 0.1) is 20.8 Å². The zero-order valence-corrected chi connectivity index (χ0v) is 11.5. The molecule has 0 atom stereocenters. The molecule has 96 valence electrons. The first-order valence-electron chi connectivity index (χ1n) is 5.90. The van der Waals surface area contributed by atoms with Crippen molar-refractivity contribution in [3.63, 3.8) is 0 Å². The molecule has 2 aromatic rings. The van der Waals surface area contributed by atoms with Gasteiger partial charge in [-0.25, -0.2) is 0 Å². The summed E-state index contributed by atoms with van der Waals surface area (Å²) in [6.07, 6.45) is 0. The zero-order chi connectivity index (χ0) is 13.4. The predicted octanol–water partition coefficient (Wildman–Crippen LogP) is 2.60. The van der Waals surface area contributed by atoms with E-state index in [1.54, 1.807) is 7.11 Å². The smallest absolute Gasteiger partial charge is 0.153 e. The van der Waals surface area contributed by atoms with E-state index in [0.717, 1.165) is 33.7 Å². The van der Waals surface area contributed by atoms with Crippen LogP contribution >= 0.6 is 0 Å². The fraction of sp³-hybridized carbons (Fsp3) is 0.357. The summed E-state index contributed by atoms with van der Waals surface area (Å²) in [6.45, 7) is 6.12. The second kappa shape index (κ2) is 4.37. The molecule has 1 aromatic heterocycles. The van der Waals surface area contributed by atoms with Gasteiger partial charge in [0.15, 0.2) is 5.82 Å². The third kappa shape index (κ3) is 1.83. The van der Waals surface area contributed by atoms with Gasteiger partial charge in [0.05, 0.1) is 7.11 Å². The number of nitrogen functional groups attached to an aromatic ring is 1. The van der Waals surface area contributed by atoms with Crippen molar-refractivity contribution < 1.29 is 4.74 Å². The van der Waals surface area contributed by atoms with Crippen molar-refractivity contribution in [1.82, 2.24) is 9.78 Å². The number of nitrogens with zero attached hydrogens (tertiary/aromatic N) is 2. The van der Waals surface area contributed by atoms with E-state index in [2.05, 4.69) is 18.1 Å². The Labute approximate surface area is 107 Å². The lowest BCUT2D eigenvalue weighted by atomic mass is 9.97. The lowest BCUT2D eigenvalue weighted by Crippen LogP contribution is -1.95. The first-order chi connectivity index (χ1) is 8.45. The molecule has 0 unspecified atom stereocenters. The highest BCUT2D eigenvalue weighted by Gasteiger charge is 2.15. The quantitative estimate of drug-likeness (QED) is 0.884. The standard InChI is InChI=1S/C14H19N3O/c1-8-7-12(18-5)9(2)6-11(8)13-10(3)17(4)16-14(13)15/h6-7H,1-5H3,(H2,15,16). The molecule has 0 spiro atoms. The van der Waals surface area contributed by atoms with Gasteiger partial charge in [0.25, 0.3) is 0 Å². The summed E-state index contributed by atoms with van der Waals surface area (Å²) in [5.74, 6) is 1.47. The van der Waals surface area contributed by atoms with E-state index in [1.165, 1.54) is 0 Å². The number of aromatic nitrogens is 2. The van der Waals surface area contributed by atoms with Gasteiger partial charge in [-0.2, -0.15) is 5.10 Å². The third-order valence-corrected chi connectivity index (χ3v) is 3.37. The molecule has 2 rings (SSSR count). The van der Waals surface area contributed by atoms with Crippen LogP contribution in [0.5, 0.6) is 5.75 Å². The summed E-state index contributed by atoms with van der Waals surface area (Å²) in [6, 6.07) is 4.14. The Morgan fingerprint density at radius 2 is 1.83 bits per heavy atom. The molecule has 18 heavy (non-hydrogen) atoms. The van der Waals surface area contributed by atoms with E-state index in [-0.39, 0.29) is 0 Å². The van der Waals surface area contributed by atoms with Crippen molar-refractivity contribution in [1.29, 1.82) is 0 Å². The van der Waals surface area contributed by atoms with Crippen molar-refractivity contribution in [2.45, 2.75) is 20.8 Å². The molecule has 1 heterocycles. The molecule has 0 aliphatic rings. The Bertz CT molecular complexity index is 600. The van der Waals surface area contributed by atoms with Gasteiger partial charge >= 0.3 is 0 Å². The second-order valence-electron chi connectivity index (χ2n) is 4.61. The largest absolute Gasteiger partial charge is 0.496 e. The van der Waals surface area contributed by atoms with Crippen LogP contribution in [-0.2, 0) is 7.05 Å². The Kier molecular flexibility index (Phi) is 3.03. The third-order valence-electron chi connectivity index (χ3n) is 3.37. The molecular formula is C14H19N3O. The summed E-state index contributed by atoms with van der Waals surface area (Å²) >= 11 is 0. The summed E-state index contributed by atoms with van der Waals surface area (Å²) in [5.41, 5.74) is 11.4. The molecule has 0 saturated carbocycles. The van der Waals surface area contributed by atoms with Gasteiger partial charge in [-0.3, -0.25) is 4.68 Å². The van der Waals surface area contributed by atoms with E-state index in [0.29, 0.717) is 5.82 Å². The maximum atomic E-state index is 6.00. The number of aryl methyl sites for hydroxylation is 3. The van der Waals surface area contributed by atoms with Crippen LogP contribution in [0.25, 0.3) is 11.1 Å². The molecule has 0 aliphatic carbocycles. The number of anilines is 1. The molecule has 0 fully saturated rings. The van der Waals surface area contributed by atoms with Gasteiger partial charge in [-0.15, -0.1) is 0 Å². The number of nitrogens with two attached hydrogens (primary N) is 1. The zero-order valence-electron chi connectivity index (χ0n) is 11.5. The molecule has 0 saturated heterocycles. The van der Waals surface area contributed by atoms with Crippen molar-refractivity contribution in [3.8, 4) is 16.9 Å². The van der Waals surface area contributed by atoms with E-state index in [9.17, 15) is 0 Å². The first-order valence-corrected chi connectivity index (χ1v) is 5.90. The Hall–Kier alpha value is -1.97. The van der Waals surface area contributed by atoms with Crippen LogP contribution in [0.3, 0.4) is 0 Å². The average molecular weight is 245 g/mol. The molecule has 4 heteroatoms. The number of ether oxygens (including phenoxy) is 1. The van der Waals surface area contributed by atoms with Gasteiger partial charge in [0, 0.05) is 18.3 Å². The predicted molar refractivity (Wildman–Crippen MR) is 73.8 cm³/mol. The Balaban J connectivity index is 2.68. The number of methoxy groups -OCH3 is 1. The molecular weight excluding hydrogens is 226 g/mol. The lowest BCUT2D eigenvalue weighted by Gasteiger charge is -2.11. The molecule has 0 aliphatic heterocycles. The van der Waals surface area contributed by atoms with Crippen LogP contribution in [0.4, 0.5) is 5.82 Å². The van der Waals surface area contributed by atoms with Crippen molar-refractivity contribution in [3.05, 3.63) is 29.0 Å². The minimum absolute atomic E-state index is 0.572. The highest BCUT2D eigenvalue weighted by atomic mass is 16.5. The molecule has 2 N–H and O–H groups in total. The molecule has 0 radical (unpaired) electrons. The number of benzene rings is 1. The number of rotatable bonds is 2. The van der Waals surface area contributed by atoms with Crippen molar-refractivity contribution in [2.24, 2.45) is 7.05 Å². The highest BCUT2D eigenvalue weighted by Crippen LogP contribution is 2.34. The van der Waals surface area contributed by atoms with Gasteiger partial charge in [0.2, 0.25) is 0 Å². The van der Waals surface area contributed by atoms with Crippen molar-refractivity contribution in [2.75, 3.05) is 12.8 Å². The van der Waals surface area contributed by atoms with Crippen LogP contribution in [0.15, 0.2) is 12.1 Å². The number of hydrogen-bond donors (Lipinski definition) is 1. The molecule has 1 aromatic carbocycles. The second-order valence-corrected chi connectivity index (χ2v) is 4.61.